The molecule has 1 fully saturated rings. The third kappa shape index (κ3) is 2.27. The van der Waals surface area contributed by atoms with Gasteiger partial charge in [-0.3, -0.25) is 9.59 Å². The molecular formula is C13H19NO4. The van der Waals surface area contributed by atoms with Gasteiger partial charge in [0.1, 0.15) is 0 Å². The Hall–Kier alpha value is -1.36. The molecule has 5 nitrogen and oxygen atoms in total. The van der Waals surface area contributed by atoms with Crippen molar-refractivity contribution in [3.63, 3.8) is 0 Å². The molecule has 0 heterocycles. The fourth-order valence-corrected chi connectivity index (χ4v) is 3.00. The van der Waals surface area contributed by atoms with E-state index in [1.54, 1.807) is 0 Å². The third-order valence-electron chi connectivity index (χ3n) is 4.03. The van der Waals surface area contributed by atoms with Crippen LogP contribution in [0.2, 0.25) is 0 Å². The molecule has 3 N–H and O–H groups in total. The zero-order chi connectivity index (χ0) is 13.3. The number of allylic oxidation sites excluding steroid dienone is 2. The molecule has 2 aliphatic carbocycles. The number of carboxylic acid groups (broad SMARTS) is 1. The van der Waals surface area contributed by atoms with E-state index in [4.69, 9.17) is 0 Å². The summed E-state index contributed by atoms with van der Waals surface area (Å²) in [7, 11) is 0. The Bertz CT molecular complexity index is 379. The van der Waals surface area contributed by atoms with Crippen LogP contribution in [-0.2, 0) is 9.59 Å². The minimum Gasteiger partial charge on any atom is -0.481 e. The van der Waals surface area contributed by atoms with Gasteiger partial charge in [0.25, 0.3) is 0 Å². The third-order valence-corrected chi connectivity index (χ3v) is 4.03. The van der Waals surface area contributed by atoms with Gasteiger partial charge in [0.15, 0.2) is 0 Å². The lowest BCUT2D eigenvalue weighted by atomic mass is 9.82. The largest absolute Gasteiger partial charge is 0.481 e. The second-order valence-corrected chi connectivity index (χ2v) is 5.15. The minimum absolute atomic E-state index is 0.0145. The van der Waals surface area contributed by atoms with Gasteiger partial charge in [0.05, 0.1) is 17.9 Å². The summed E-state index contributed by atoms with van der Waals surface area (Å²) >= 11 is 0. The zero-order valence-electron chi connectivity index (χ0n) is 10.4. The van der Waals surface area contributed by atoms with Crippen LogP contribution in [0.1, 0.15) is 19.8 Å². The Labute approximate surface area is 106 Å². The van der Waals surface area contributed by atoms with Crippen molar-refractivity contribution in [1.82, 2.24) is 5.32 Å². The molecule has 5 unspecified atom stereocenters. The molecule has 1 amide bonds. The second kappa shape index (κ2) is 5.10. The van der Waals surface area contributed by atoms with E-state index in [0.29, 0.717) is 6.42 Å². The van der Waals surface area contributed by atoms with Crippen molar-refractivity contribution in [2.45, 2.75) is 25.9 Å². The van der Waals surface area contributed by atoms with Crippen molar-refractivity contribution >= 4 is 11.9 Å². The van der Waals surface area contributed by atoms with Crippen LogP contribution in [0.4, 0.5) is 0 Å². The maximum absolute atomic E-state index is 12.1. The van der Waals surface area contributed by atoms with Crippen molar-refractivity contribution in [1.29, 1.82) is 0 Å². The molecule has 0 aromatic rings. The lowest BCUT2D eigenvalue weighted by molar-refractivity contribution is -0.147. The molecule has 18 heavy (non-hydrogen) atoms. The second-order valence-electron chi connectivity index (χ2n) is 5.15. The van der Waals surface area contributed by atoms with Gasteiger partial charge in [-0.25, -0.2) is 0 Å². The predicted molar refractivity (Wildman–Crippen MR) is 64.7 cm³/mol. The van der Waals surface area contributed by atoms with E-state index >= 15 is 0 Å². The minimum atomic E-state index is -0.900. The van der Waals surface area contributed by atoms with E-state index in [9.17, 15) is 19.8 Å². The van der Waals surface area contributed by atoms with E-state index < -0.39 is 23.9 Å². The first-order valence-electron chi connectivity index (χ1n) is 6.41. The Morgan fingerprint density at radius 1 is 1.33 bits per heavy atom. The Kier molecular flexibility index (Phi) is 3.71. The zero-order valence-corrected chi connectivity index (χ0v) is 10.4. The maximum atomic E-state index is 12.1. The molecule has 0 aromatic heterocycles. The van der Waals surface area contributed by atoms with Crippen molar-refractivity contribution in [3.8, 4) is 0 Å². The summed E-state index contributed by atoms with van der Waals surface area (Å²) in [6.07, 6.45) is 4.62. The number of amides is 1. The summed E-state index contributed by atoms with van der Waals surface area (Å²) < 4.78 is 0. The maximum Gasteiger partial charge on any atom is 0.307 e. The molecule has 0 saturated heterocycles. The molecule has 0 spiro atoms. The number of hydrogen-bond acceptors (Lipinski definition) is 3. The van der Waals surface area contributed by atoms with Gasteiger partial charge in [0.2, 0.25) is 5.91 Å². The van der Waals surface area contributed by atoms with Crippen LogP contribution in [0.25, 0.3) is 0 Å². The molecule has 2 rings (SSSR count). The molecule has 2 bridgehead atoms. The first-order valence-corrected chi connectivity index (χ1v) is 6.41. The van der Waals surface area contributed by atoms with Gasteiger partial charge >= 0.3 is 5.97 Å². The van der Waals surface area contributed by atoms with Gasteiger partial charge in [-0.05, 0) is 24.7 Å². The first-order chi connectivity index (χ1) is 8.54. The van der Waals surface area contributed by atoms with Gasteiger partial charge in [0, 0.05) is 6.54 Å². The van der Waals surface area contributed by atoms with Gasteiger partial charge in [-0.15, -0.1) is 0 Å². The van der Waals surface area contributed by atoms with Crippen molar-refractivity contribution in [2.24, 2.45) is 23.7 Å². The van der Waals surface area contributed by atoms with Gasteiger partial charge in [-0.1, -0.05) is 19.1 Å². The highest BCUT2D eigenvalue weighted by Crippen LogP contribution is 2.48. The molecular weight excluding hydrogens is 234 g/mol. The molecule has 0 aliphatic heterocycles. The Balaban J connectivity index is 2.01. The highest BCUT2D eigenvalue weighted by Gasteiger charge is 2.51. The Morgan fingerprint density at radius 3 is 2.50 bits per heavy atom. The summed E-state index contributed by atoms with van der Waals surface area (Å²) in [6.45, 7) is 2.02. The quantitative estimate of drug-likeness (QED) is 0.619. The lowest BCUT2D eigenvalue weighted by Crippen LogP contribution is -2.42. The summed E-state index contributed by atoms with van der Waals surface area (Å²) in [4.78, 5) is 23.3. The number of rotatable bonds is 5. The standard InChI is InChI=1S/C13H19NO4/c1-2-9(15)6-14-12(16)10-7-3-4-8(5-7)11(10)13(17)18/h3-4,7-11,15H,2,5-6H2,1H3,(H,14,16)(H,17,18). The normalized spacial score (nSPS) is 34.6. The summed E-state index contributed by atoms with van der Waals surface area (Å²) in [5, 5.41) is 21.3. The predicted octanol–water partition coefficient (Wildman–Crippen LogP) is 0.396. The molecule has 5 atom stereocenters. The summed E-state index contributed by atoms with van der Waals surface area (Å²) in [5.74, 6) is -2.22. The van der Waals surface area contributed by atoms with Crippen LogP contribution in [0.3, 0.4) is 0 Å². The van der Waals surface area contributed by atoms with Crippen LogP contribution in [-0.4, -0.2) is 34.7 Å². The fourth-order valence-electron chi connectivity index (χ4n) is 3.00. The van der Waals surface area contributed by atoms with E-state index in [1.165, 1.54) is 0 Å². The fraction of sp³-hybridized carbons (Fsp3) is 0.692. The van der Waals surface area contributed by atoms with E-state index in [1.807, 2.05) is 19.1 Å². The molecule has 5 heteroatoms. The van der Waals surface area contributed by atoms with Gasteiger partial charge in [-0.2, -0.15) is 0 Å². The number of carbonyl (C=O) groups is 2. The molecule has 1 saturated carbocycles. The van der Waals surface area contributed by atoms with Crippen LogP contribution in [0.15, 0.2) is 12.2 Å². The number of carbonyl (C=O) groups excluding carboxylic acids is 1. The van der Waals surface area contributed by atoms with Crippen LogP contribution in [0.5, 0.6) is 0 Å². The monoisotopic (exact) mass is 253 g/mol. The number of hydrogen-bond donors (Lipinski definition) is 3. The SMILES string of the molecule is CCC(O)CNC(=O)C1C2C=CC(C2)C1C(=O)O. The molecule has 0 radical (unpaired) electrons. The van der Waals surface area contributed by atoms with E-state index in [-0.39, 0.29) is 24.3 Å². The van der Waals surface area contributed by atoms with Crippen molar-refractivity contribution in [3.05, 3.63) is 12.2 Å². The van der Waals surface area contributed by atoms with Gasteiger partial charge < -0.3 is 15.5 Å². The summed E-state index contributed by atoms with van der Waals surface area (Å²) in [5.41, 5.74) is 0. The highest BCUT2D eigenvalue weighted by atomic mass is 16.4. The molecule has 100 valence electrons. The molecule has 0 aromatic carbocycles. The van der Waals surface area contributed by atoms with Crippen LogP contribution < -0.4 is 5.32 Å². The average Bonchev–Trinajstić information content (AvgIpc) is 2.95. The van der Waals surface area contributed by atoms with Crippen LogP contribution in [0, 0.1) is 23.7 Å². The summed E-state index contributed by atoms with van der Waals surface area (Å²) in [6, 6.07) is 0. The van der Waals surface area contributed by atoms with Crippen molar-refractivity contribution < 1.29 is 19.8 Å². The van der Waals surface area contributed by atoms with Crippen molar-refractivity contribution in [2.75, 3.05) is 6.54 Å². The number of aliphatic hydroxyl groups excluding tert-OH is 1. The first kappa shape index (κ1) is 13.1. The lowest BCUT2D eigenvalue weighted by Gasteiger charge is -2.24. The highest BCUT2D eigenvalue weighted by molar-refractivity contribution is 5.86. The number of aliphatic carboxylic acids is 1. The average molecular weight is 253 g/mol. The number of nitrogens with one attached hydrogen (secondary N) is 1. The number of aliphatic hydroxyl groups is 1. The van der Waals surface area contributed by atoms with Crippen LogP contribution >= 0.6 is 0 Å². The molecule has 2 aliphatic rings. The number of fused-ring (bicyclic) bond motifs is 2. The topological polar surface area (TPSA) is 86.6 Å². The Morgan fingerprint density at radius 2 is 1.94 bits per heavy atom. The number of carboxylic acids is 1. The smallest absolute Gasteiger partial charge is 0.307 e. The van der Waals surface area contributed by atoms with E-state index in [0.717, 1.165) is 6.42 Å². The van der Waals surface area contributed by atoms with E-state index in [2.05, 4.69) is 5.32 Å².